The fourth-order valence-electron chi connectivity index (χ4n) is 4.08. The second-order valence-electron chi connectivity index (χ2n) is 7.88. The zero-order chi connectivity index (χ0) is 22.3. The Balaban J connectivity index is 1.38. The molecule has 1 atom stereocenters. The van der Waals surface area contributed by atoms with Gasteiger partial charge in [0.2, 0.25) is 5.89 Å². The highest BCUT2D eigenvalue weighted by Gasteiger charge is 2.50. The smallest absolute Gasteiger partial charge is 0.325 e. The first kappa shape index (κ1) is 20.2. The van der Waals surface area contributed by atoms with Gasteiger partial charge in [0, 0.05) is 11.4 Å². The van der Waals surface area contributed by atoms with Crippen molar-refractivity contribution >= 4 is 34.3 Å². The van der Waals surface area contributed by atoms with Crippen LogP contribution in [0.25, 0.3) is 10.8 Å². The highest BCUT2D eigenvalue weighted by molar-refractivity contribution is 6.30. The normalized spacial score (nSPS) is 18.4. The first-order valence-corrected chi connectivity index (χ1v) is 10.5. The molecule has 0 aliphatic carbocycles. The summed E-state index contributed by atoms with van der Waals surface area (Å²) in [5.74, 6) is 0.271. The maximum absolute atomic E-state index is 13.4. The highest BCUT2D eigenvalue weighted by Crippen LogP contribution is 2.34. The molecule has 160 valence electrons. The van der Waals surface area contributed by atoms with Crippen LogP contribution in [0.5, 0.6) is 0 Å². The van der Waals surface area contributed by atoms with Crippen molar-refractivity contribution in [2.45, 2.75) is 25.4 Å². The van der Waals surface area contributed by atoms with Gasteiger partial charge in [-0.1, -0.05) is 71.4 Å². The third-order valence-corrected chi connectivity index (χ3v) is 5.89. The Labute approximate surface area is 189 Å². The van der Waals surface area contributed by atoms with Crippen LogP contribution in [-0.2, 0) is 23.3 Å². The minimum atomic E-state index is -1.19. The molecule has 3 amide bonds. The average Bonchev–Trinajstić information content (AvgIpc) is 3.31. The van der Waals surface area contributed by atoms with Gasteiger partial charge < -0.3 is 9.84 Å². The van der Waals surface area contributed by atoms with E-state index in [4.69, 9.17) is 16.1 Å². The van der Waals surface area contributed by atoms with Crippen LogP contribution in [0, 0.1) is 0 Å². The lowest BCUT2D eigenvalue weighted by molar-refractivity contribution is -0.131. The van der Waals surface area contributed by atoms with E-state index in [2.05, 4.69) is 15.5 Å². The van der Waals surface area contributed by atoms with Gasteiger partial charge in [-0.25, -0.2) is 4.79 Å². The van der Waals surface area contributed by atoms with E-state index in [0.29, 0.717) is 17.3 Å². The van der Waals surface area contributed by atoms with Gasteiger partial charge in [0.15, 0.2) is 5.82 Å². The highest BCUT2D eigenvalue weighted by atomic mass is 35.5. The van der Waals surface area contributed by atoms with Crippen molar-refractivity contribution in [3.8, 4) is 0 Å². The number of fused-ring (bicyclic) bond motifs is 1. The van der Waals surface area contributed by atoms with Gasteiger partial charge in [-0.3, -0.25) is 9.69 Å². The first-order chi connectivity index (χ1) is 15.4. The van der Waals surface area contributed by atoms with Crippen LogP contribution in [0.3, 0.4) is 0 Å². The lowest BCUT2D eigenvalue weighted by Gasteiger charge is -2.23. The van der Waals surface area contributed by atoms with E-state index in [9.17, 15) is 9.59 Å². The number of hydrogen-bond donors (Lipinski definition) is 1. The number of aromatic nitrogens is 2. The number of benzene rings is 3. The molecule has 1 fully saturated rings. The maximum atomic E-state index is 13.4. The van der Waals surface area contributed by atoms with Gasteiger partial charge in [-0.05, 0) is 41.0 Å². The number of rotatable bonds is 5. The van der Waals surface area contributed by atoms with Crippen molar-refractivity contribution in [3.05, 3.63) is 94.6 Å². The van der Waals surface area contributed by atoms with Crippen LogP contribution >= 0.6 is 11.6 Å². The molecule has 8 heteroatoms. The van der Waals surface area contributed by atoms with E-state index in [0.717, 1.165) is 26.8 Å². The van der Waals surface area contributed by atoms with Crippen LogP contribution in [0.4, 0.5) is 4.79 Å². The van der Waals surface area contributed by atoms with E-state index >= 15 is 0 Å². The summed E-state index contributed by atoms with van der Waals surface area (Å²) in [6.45, 7) is 1.61. The van der Waals surface area contributed by atoms with Gasteiger partial charge >= 0.3 is 6.03 Å². The minimum absolute atomic E-state index is 0.104. The molecule has 7 nitrogen and oxygen atoms in total. The third kappa shape index (κ3) is 3.50. The fourth-order valence-corrected chi connectivity index (χ4v) is 4.29. The molecule has 2 heterocycles. The molecular weight excluding hydrogens is 428 g/mol. The van der Waals surface area contributed by atoms with Gasteiger partial charge in [-0.2, -0.15) is 4.98 Å². The molecule has 0 radical (unpaired) electrons. The standard InChI is InChI=1S/C24H19ClN4O3/c1-24(19-11-5-8-16-7-2-3-10-18(16)19)22(30)29(23(31)27-24)14-21-26-20(28-32-21)13-15-6-4-9-17(25)12-15/h2-12H,13-14H2,1H3,(H,27,31). The Bertz CT molecular complexity index is 1350. The monoisotopic (exact) mass is 446 g/mol. The molecule has 1 aromatic heterocycles. The topological polar surface area (TPSA) is 88.3 Å². The summed E-state index contributed by atoms with van der Waals surface area (Å²) in [6.07, 6.45) is 0.428. The van der Waals surface area contributed by atoms with E-state index in [-0.39, 0.29) is 18.3 Å². The molecule has 1 unspecified atom stereocenters. The molecule has 0 bridgehead atoms. The van der Waals surface area contributed by atoms with E-state index in [1.165, 1.54) is 0 Å². The predicted molar refractivity (Wildman–Crippen MR) is 119 cm³/mol. The number of nitrogens with zero attached hydrogens (tertiary/aromatic N) is 3. The second kappa shape index (κ2) is 7.76. The van der Waals surface area contributed by atoms with Gasteiger partial charge in [0.05, 0.1) is 0 Å². The lowest BCUT2D eigenvalue weighted by Crippen LogP contribution is -2.41. The summed E-state index contributed by atoms with van der Waals surface area (Å²) in [4.78, 5) is 31.6. The Hall–Kier alpha value is -3.71. The summed E-state index contributed by atoms with van der Waals surface area (Å²) >= 11 is 6.02. The van der Waals surface area contributed by atoms with Gasteiger partial charge in [0.25, 0.3) is 5.91 Å². The molecule has 1 aliphatic rings. The van der Waals surface area contributed by atoms with E-state index in [1.807, 2.05) is 60.7 Å². The Morgan fingerprint density at radius 2 is 1.84 bits per heavy atom. The zero-order valence-electron chi connectivity index (χ0n) is 17.2. The number of hydrogen-bond acceptors (Lipinski definition) is 5. The fraction of sp³-hybridized carbons (Fsp3) is 0.167. The molecule has 1 aliphatic heterocycles. The van der Waals surface area contributed by atoms with Crippen molar-refractivity contribution in [3.63, 3.8) is 0 Å². The number of amides is 3. The molecule has 5 rings (SSSR count). The minimum Gasteiger partial charge on any atom is -0.337 e. The molecule has 4 aromatic rings. The van der Waals surface area contributed by atoms with Crippen LogP contribution < -0.4 is 5.32 Å². The average molecular weight is 447 g/mol. The van der Waals surface area contributed by atoms with Crippen molar-refractivity contribution in [1.82, 2.24) is 20.4 Å². The summed E-state index contributed by atoms with van der Waals surface area (Å²) < 4.78 is 5.30. The molecule has 1 saturated heterocycles. The Kier molecular flexibility index (Phi) is 4.90. The molecule has 0 saturated carbocycles. The second-order valence-corrected chi connectivity index (χ2v) is 8.32. The number of urea groups is 1. The maximum Gasteiger partial charge on any atom is 0.325 e. The van der Waals surface area contributed by atoms with Crippen molar-refractivity contribution in [1.29, 1.82) is 0 Å². The number of imide groups is 1. The Morgan fingerprint density at radius 3 is 2.69 bits per heavy atom. The van der Waals surface area contributed by atoms with Crippen LogP contribution in [0.15, 0.2) is 71.3 Å². The number of carbonyl (C=O) groups excluding carboxylic acids is 2. The zero-order valence-corrected chi connectivity index (χ0v) is 18.0. The molecule has 0 spiro atoms. The number of nitrogens with one attached hydrogen (secondary N) is 1. The van der Waals surface area contributed by atoms with E-state index in [1.54, 1.807) is 13.0 Å². The van der Waals surface area contributed by atoms with Crippen molar-refractivity contribution in [2.24, 2.45) is 0 Å². The molecule has 3 aromatic carbocycles. The summed E-state index contributed by atoms with van der Waals surface area (Å²) in [7, 11) is 0. The Morgan fingerprint density at radius 1 is 1.06 bits per heavy atom. The van der Waals surface area contributed by atoms with Crippen molar-refractivity contribution in [2.75, 3.05) is 0 Å². The van der Waals surface area contributed by atoms with Crippen LogP contribution in [-0.4, -0.2) is 27.0 Å². The van der Waals surface area contributed by atoms with Crippen molar-refractivity contribution < 1.29 is 14.1 Å². The molecule has 32 heavy (non-hydrogen) atoms. The summed E-state index contributed by atoms with van der Waals surface area (Å²) in [5, 5.41) is 9.34. The lowest BCUT2D eigenvalue weighted by atomic mass is 9.88. The quantitative estimate of drug-likeness (QED) is 0.458. The SMILES string of the molecule is CC1(c2cccc3ccccc23)NC(=O)N(Cc2nc(Cc3cccc(Cl)c3)no2)C1=O. The third-order valence-electron chi connectivity index (χ3n) is 5.66. The summed E-state index contributed by atoms with van der Waals surface area (Å²) in [5.41, 5.74) is 0.480. The molecular formula is C24H19ClN4O3. The van der Waals surface area contributed by atoms with E-state index < -0.39 is 11.6 Å². The number of halogens is 1. The largest absolute Gasteiger partial charge is 0.337 e. The van der Waals surface area contributed by atoms with Crippen LogP contribution in [0.1, 0.15) is 29.8 Å². The first-order valence-electron chi connectivity index (χ1n) is 10.1. The van der Waals surface area contributed by atoms with Gasteiger partial charge in [0.1, 0.15) is 12.1 Å². The predicted octanol–water partition coefficient (Wildman–Crippen LogP) is 4.43. The van der Waals surface area contributed by atoms with Gasteiger partial charge in [-0.15, -0.1) is 0 Å². The number of carbonyl (C=O) groups is 2. The van der Waals surface area contributed by atoms with Crippen LogP contribution in [0.2, 0.25) is 5.02 Å². The summed E-state index contributed by atoms with van der Waals surface area (Å²) in [6, 6.07) is 20.3. The molecule has 1 N–H and O–H groups in total.